The lowest BCUT2D eigenvalue weighted by molar-refractivity contribution is -0.138. The smallest absolute Gasteiger partial charge is 0.321 e. The van der Waals surface area contributed by atoms with Crippen LogP contribution in [0.2, 0.25) is 0 Å². The summed E-state index contributed by atoms with van der Waals surface area (Å²) in [4.78, 5) is 21.8. The van der Waals surface area contributed by atoms with Crippen LogP contribution >= 0.6 is 11.8 Å². The predicted molar refractivity (Wildman–Crippen MR) is 64.9 cm³/mol. The molecule has 0 radical (unpaired) electrons. The highest BCUT2D eigenvalue weighted by molar-refractivity contribution is 8.00. The zero-order valence-electron chi connectivity index (χ0n) is 9.55. The summed E-state index contributed by atoms with van der Waals surface area (Å²) in [7, 11) is 0. The van der Waals surface area contributed by atoms with Crippen LogP contribution in [0.15, 0.2) is 0 Å². The fraction of sp³-hybridized carbons (Fsp3) is 0.800. The summed E-state index contributed by atoms with van der Waals surface area (Å²) in [5.74, 6) is -0.684. The predicted octanol–water partition coefficient (Wildman–Crippen LogP) is -0.573. The number of carbonyl (C=O) groups excluding carboxylic acids is 1. The molecule has 1 fully saturated rings. The summed E-state index contributed by atoms with van der Waals surface area (Å²) in [6, 6.07) is -0.911. The van der Waals surface area contributed by atoms with Gasteiger partial charge in [0.15, 0.2) is 0 Å². The van der Waals surface area contributed by atoms with Gasteiger partial charge in [-0.05, 0) is 12.8 Å². The molecule has 1 saturated heterocycles. The van der Waals surface area contributed by atoms with E-state index in [2.05, 4.69) is 5.32 Å². The van der Waals surface area contributed by atoms with Gasteiger partial charge >= 0.3 is 5.97 Å². The fourth-order valence-electron chi connectivity index (χ4n) is 1.43. The molecule has 7 heteroatoms. The van der Waals surface area contributed by atoms with Crippen LogP contribution in [0.1, 0.15) is 12.8 Å². The molecule has 2 atom stereocenters. The first-order valence-corrected chi connectivity index (χ1v) is 6.69. The van der Waals surface area contributed by atoms with Crippen molar-refractivity contribution in [1.82, 2.24) is 5.32 Å². The number of ether oxygens (including phenoxy) is 1. The second-order valence-corrected chi connectivity index (χ2v) is 4.93. The number of rotatable bonds is 7. The average molecular weight is 262 g/mol. The molecule has 1 aliphatic heterocycles. The molecule has 0 aromatic rings. The van der Waals surface area contributed by atoms with Gasteiger partial charge in [0.2, 0.25) is 5.91 Å². The number of hydrogen-bond acceptors (Lipinski definition) is 5. The lowest BCUT2D eigenvalue weighted by Crippen LogP contribution is -2.35. The minimum Gasteiger partial charge on any atom is -0.480 e. The summed E-state index contributed by atoms with van der Waals surface area (Å²) in [5.41, 5.74) is 5.30. The van der Waals surface area contributed by atoms with Crippen LogP contribution in [0.4, 0.5) is 0 Å². The molecule has 17 heavy (non-hydrogen) atoms. The molecule has 1 amide bonds. The maximum atomic E-state index is 11.4. The van der Waals surface area contributed by atoms with Crippen molar-refractivity contribution in [2.45, 2.75) is 25.0 Å². The van der Waals surface area contributed by atoms with Gasteiger partial charge in [0.05, 0.1) is 11.9 Å². The molecule has 2 unspecified atom stereocenters. The number of nitrogens with two attached hydrogens (primary N) is 1. The summed E-state index contributed by atoms with van der Waals surface area (Å²) in [5, 5.41) is 11.3. The monoisotopic (exact) mass is 262 g/mol. The van der Waals surface area contributed by atoms with E-state index in [0.29, 0.717) is 6.54 Å². The second-order valence-electron chi connectivity index (χ2n) is 3.90. The van der Waals surface area contributed by atoms with E-state index < -0.39 is 12.0 Å². The van der Waals surface area contributed by atoms with Crippen LogP contribution in [0.3, 0.4) is 0 Å². The molecular formula is C10H18N2O4S. The highest BCUT2D eigenvalue weighted by Crippen LogP contribution is 2.10. The third-order valence-corrected chi connectivity index (χ3v) is 3.46. The third kappa shape index (κ3) is 5.90. The quantitative estimate of drug-likeness (QED) is 0.568. The van der Waals surface area contributed by atoms with Gasteiger partial charge in [0.1, 0.15) is 6.04 Å². The minimum atomic E-state index is -1.04. The molecule has 0 spiro atoms. The van der Waals surface area contributed by atoms with Crippen molar-refractivity contribution >= 4 is 23.6 Å². The van der Waals surface area contributed by atoms with Gasteiger partial charge in [-0.25, -0.2) is 0 Å². The molecule has 1 heterocycles. The summed E-state index contributed by atoms with van der Waals surface area (Å²) >= 11 is 1.22. The Kier molecular flexibility index (Phi) is 6.31. The lowest BCUT2D eigenvalue weighted by atomic mass is 10.2. The van der Waals surface area contributed by atoms with Gasteiger partial charge in [-0.2, -0.15) is 0 Å². The van der Waals surface area contributed by atoms with E-state index >= 15 is 0 Å². The Balaban J connectivity index is 2.02. The molecule has 1 rings (SSSR count). The Bertz CT molecular complexity index is 269. The lowest BCUT2D eigenvalue weighted by Gasteiger charge is -2.11. The van der Waals surface area contributed by atoms with Crippen LogP contribution in [0.5, 0.6) is 0 Å². The van der Waals surface area contributed by atoms with Crippen molar-refractivity contribution < 1.29 is 19.4 Å². The number of carboxylic acids is 1. The maximum absolute atomic E-state index is 11.4. The summed E-state index contributed by atoms with van der Waals surface area (Å²) < 4.78 is 5.36. The average Bonchev–Trinajstić information content (AvgIpc) is 2.78. The van der Waals surface area contributed by atoms with Gasteiger partial charge in [-0.1, -0.05) is 0 Å². The molecular weight excluding hydrogens is 244 g/mol. The van der Waals surface area contributed by atoms with Gasteiger partial charge in [-0.15, -0.1) is 11.8 Å². The van der Waals surface area contributed by atoms with Crippen LogP contribution in [-0.4, -0.2) is 53.8 Å². The first-order valence-electron chi connectivity index (χ1n) is 5.54. The summed E-state index contributed by atoms with van der Waals surface area (Å²) in [6.07, 6.45) is 2.16. The normalized spacial score (nSPS) is 21.1. The molecule has 0 saturated carbocycles. The van der Waals surface area contributed by atoms with E-state index in [4.69, 9.17) is 15.6 Å². The molecule has 1 aliphatic rings. The number of aliphatic carboxylic acids is 1. The van der Waals surface area contributed by atoms with Crippen molar-refractivity contribution in [3.8, 4) is 0 Å². The maximum Gasteiger partial charge on any atom is 0.321 e. The second kappa shape index (κ2) is 7.52. The summed E-state index contributed by atoms with van der Waals surface area (Å²) in [6.45, 7) is 1.30. The molecule has 0 aliphatic carbocycles. The van der Waals surface area contributed by atoms with Gasteiger partial charge in [-0.3, -0.25) is 9.59 Å². The molecule has 98 valence electrons. The van der Waals surface area contributed by atoms with Crippen molar-refractivity contribution in [3.63, 3.8) is 0 Å². The van der Waals surface area contributed by atoms with E-state index in [1.54, 1.807) is 0 Å². The largest absolute Gasteiger partial charge is 0.480 e. The Labute approximate surface area is 104 Å². The number of carbonyl (C=O) groups is 2. The SMILES string of the molecule is NC(CSCC(=O)NCC1CCCO1)C(=O)O. The molecule has 0 bridgehead atoms. The van der Waals surface area contributed by atoms with Gasteiger partial charge in [0, 0.05) is 18.9 Å². The Hall–Kier alpha value is -0.790. The van der Waals surface area contributed by atoms with Crippen molar-refractivity contribution in [3.05, 3.63) is 0 Å². The molecule has 4 N–H and O–H groups in total. The fourth-order valence-corrected chi connectivity index (χ4v) is 2.24. The highest BCUT2D eigenvalue weighted by Gasteiger charge is 2.16. The van der Waals surface area contributed by atoms with Crippen LogP contribution in [0.25, 0.3) is 0 Å². The topological polar surface area (TPSA) is 102 Å². The number of thioether (sulfide) groups is 1. The van der Waals surface area contributed by atoms with Crippen molar-refractivity contribution in [1.29, 1.82) is 0 Å². The zero-order valence-corrected chi connectivity index (χ0v) is 10.4. The third-order valence-electron chi connectivity index (χ3n) is 2.40. The standard InChI is InChI=1S/C10H18N2O4S/c11-8(10(14)15)5-17-6-9(13)12-4-7-2-1-3-16-7/h7-8H,1-6,11H2,(H,12,13)(H,14,15). The number of hydrogen-bond donors (Lipinski definition) is 3. The first kappa shape index (κ1) is 14.3. The van der Waals surface area contributed by atoms with Crippen LogP contribution in [0, 0.1) is 0 Å². The first-order chi connectivity index (χ1) is 8.09. The molecule has 0 aromatic heterocycles. The van der Waals surface area contributed by atoms with Gasteiger partial charge < -0.3 is 20.9 Å². The van der Waals surface area contributed by atoms with E-state index in [9.17, 15) is 9.59 Å². The number of carboxylic acid groups (broad SMARTS) is 1. The highest BCUT2D eigenvalue weighted by atomic mass is 32.2. The van der Waals surface area contributed by atoms with E-state index in [-0.39, 0.29) is 23.5 Å². The van der Waals surface area contributed by atoms with Crippen molar-refractivity contribution in [2.75, 3.05) is 24.7 Å². The molecule has 6 nitrogen and oxygen atoms in total. The van der Waals surface area contributed by atoms with Gasteiger partial charge in [0.25, 0.3) is 0 Å². The Morgan fingerprint density at radius 2 is 2.35 bits per heavy atom. The Morgan fingerprint density at radius 1 is 1.59 bits per heavy atom. The van der Waals surface area contributed by atoms with Crippen LogP contribution < -0.4 is 11.1 Å². The minimum absolute atomic E-state index is 0.108. The van der Waals surface area contributed by atoms with E-state index in [1.807, 2.05) is 0 Å². The number of amides is 1. The van der Waals surface area contributed by atoms with Crippen LogP contribution in [-0.2, 0) is 14.3 Å². The van der Waals surface area contributed by atoms with E-state index in [0.717, 1.165) is 19.4 Å². The van der Waals surface area contributed by atoms with E-state index in [1.165, 1.54) is 11.8 Å². The van der Waals surface area contributed by atoms with Crippen molar-refractivity contribution in [2.24, 2.45) is 5.73 Å². The molecule has 0 aromatic carbocycles. The Morgan fingerprint density at radius 3 is 2.94 bits per heavy atom. The number of nitrogens with one attached hydrogen (secondary N) is 1. The zero-order chi connectivity index (χ0) is 12.7.